The average molecular weight is 702 g/mol. The van der Waals surface area contributed by atoms with Gasteiger partial charge in [0.2, 0.25) is 11.8 Å². The first kappa shape index (κ1) is 30.5. The Bertz CT molecular complexity index is 1590. The minimum atomic E-state index is -4.13. The van der Waals surface area contributed by atoms with Crippen LogP contribution in [-0.2, 0) is 32.6 Å². The van der Waals surface area contributed by atoms with Crippen molar-refractivity contribution in [3.05, 3.63) is 129 Å². The van der Waals surface area contributed by atoms with Gasteiger partial charge in [-0.3, -0.25) is 13.9 Å². The van der Waals surface area contributed by atoms with Gasteiger partial charge >= 0.3 is 0 Å². The molecule has 0 saturated heterocycles. The molecule has 7 nitrogen and oxygen atoms in total. The van der Waals surface area contributed by atoms with Crippen LogP contribution in [0.25, 0.3) is 0 Å². The maximum atomic E-state index is 14.2. The highest BCUT2D eigenvalue weighted by molar-refractivity contribution is 14.1. The number of carbonyl (C=O) groups excluding carboxylic acids is 2. The van der Waals surface area contributed by atoms with Gasteiger partial charge in [-0.1, -0.05) is 78.3 Å². The smallest absolute Gasteiger partial charge is 0.264 e. The Morgan fingerprint density at radius 3 is 2.05 bits per heavy atom. The van der Waals surface area contributed by atoms with E-state index in [0.29, 0.717) is 16.3 Å². The van der Waals surface area contributed by atoms with Crippen molar-refractivity contribution in [3.63, 3.8) is 0 Å². The predicted molar refractivity (Wildman–Crippen MR) is 170 cm³/mol. The molecular weight excluding hydrogens is 673 g/mol. The lowest BCUT2D eigenvalue weighted by Crippen LogP contribution is -2.53. The van der Waals surface area contributed by atoms with Crippen molar-refractivity contribution in [1.82, 2.24) is 10.2 Å². The van der Waals surface area contributed by atoms with Gasteiger partial charge in [-0.05, 0) is 76.2 Å². The first-order valence-electron chi connectivity index (χ1n) is 12.8. The lowest BCUT2D eigenvalue weighted by Gasteiger charge is -2.33. The fourth-order valence-electron chi connectivity index (χ4n) is 4.39. The summed E-state index contributed by atoms with van der Waals surface area (Å²) in [6.07, 6.45) is 0.228. The molecule has 1 atom stereocenters. The van der Waals surface area contributed by atoms with Gasteiger partial charge < -0.3 is 10.2 Å². The molecule has 0 radical (unpaired) electrons. The third kappa shape index (κ3) is 7.66. The Balaban J connectivity index is 1.78. The van der Waals surface area contributed by atoms with E-state index in [2.05, 4.69) is 27.9 Å². The van der Waals surface area contributed by atoms with E-state index >= 15 is 0 Å². The molecule has 0 unspecified atom stereocenters. The van der Waals surface area contributed by atoms with Crippen molar-refractivity contribution in [2.24, 2.45) is 0 Å². The topological polar surface area (TPSA) is 86.8 Å². The highest BCUT2D eigenvalue weighted by Gasteiger charge is 2.34. The van der Waals surface area contributed by atoms with Crippen LogP contribution < -0.4 is 9.62 Å². The summed E-state index contributed by atoms with van der Waals surface area (Å²) in [5, 5.41) is 3.11. The van der Waals surface area contributed by atoms with E-state index in [9.17, 15) is 18.0 Å². The van der Waals surface area contributed by atoms with E-state index in [4.69, 9.17) is 11.6 Å². The Morgan fingerprint density at radius 2 is 1.44 bits per heavy atom. The zero-order valence-electron chi connectivity index (χ0n) is 22.3. The van der Waals surface area contributed by atoms with E-state index in [-0.39, 0.29) is 23.8 Å². The highest BCUT2D eigenvalue weighted by atomic mass is 127. The standard InChI is InChI=1S/C31H29ClIN3O4S/c1-34-31(38)29(20-23-10-4-2-5-11-23)35(21-24-12-8-9-15-28(24)32)30(37)22-36(26-18-16-25(33)17-19-26)41(39,40)27-13-6-3-7-14-27/h2-19,29H,20-22H2,1H3,(H,34,38)/t29-/m0/s1. The highest BCUT2D eigenvalue weighted by Crippen LogP contribution is 2.26. The van der Waals surface area contributed by atoms with Gasteiger partial charge in [0.05, 0.1) is 10.6 Å². The molecule has 0 heterocycles. The maximum absolute atomic E-state index is 14.2. The summed E-state index contributed by atoms with van der Waals surface area (Å²) in [5.74, 6) is -0.923. The summed E-state index contributed by atoms with van der Waals surface area (Å²) in [6, 6.07) is 30.3. The quantitative estimate of drug-likeness (QED) is 0.209. The summed E-state index contributed by atoms with van der Waals surface area (Å²) >= 11 is 8.61. The normalized spacial score (nSPS) is 11.9. The number of nitrogens with zero attached hydrogens (tertiary/aromatic N) is 2. The summed E-state index contributed by atoms with van der Waals surface area (Å²) in [6.45, 7) is -0.514. The number of nitrogens with one attached hydrogen (secondary N) is 1. The number of amides is 2. The van der Waals surface area contributed by atoms with E-state index < -0.39 is 28.5 Å². The average Bonchev–Trinajstić information content (AvgIpc) is 2.99. The van der Waals surface area contributed by atoms with Gasteiger partial charge in [0, 0.05) is 28.6 Å². The largest absolute Gasteiger partial charge is 0.357 e. The zero-order valence-corrected chi connectivity index (χ0v) is 26.0. The maximum Gasteiger partial charge on any atom is 0.264 e. The van der Waals surface area contributed by atoms with Crippen molar-refractivity contribution >= 4 is 61.7 Å². The molecule has 4 aromatic carbocycles. The summed E-state index contributed by atoms with van der Waals surface area (Å²) < 4.78 is 29.8. The fourth-order valence-corrected chi connectivity index (χ4v) is 6.38. The van der Waals surface area contributed by atoms with Crippen LogP contribution in [0.1, 0.15) is 11.1 Å². The Morgan fingerprint density at radius 1 is 0.854 bits per heavy atom. The number of sulfonamides is 1. The second-order valence-electron chi connectivity index (χ2n) is 9.23. The van der Waals surface area contributed by atoms with Crippen LogP contribution in [0.3, 0.4) is 0 Å². The van der Waals surface area contributed by atoms with Gasteiger partial charge in [0.1, 0.15) is 12.6 Å². The van der Waals surface area contributed by atoms with Crippen LogP contribution in [0.5, 0.6) is 0 Å². The molecule has 10 heteroatoms. The first-order chi connectivity index (χ1) is 19.7. The first-order valence-corrected chi connectivity index (χ1v) is 15.7. The van der Waals surface area contributed by atoms with Crippen molar-refractivity contribution < 1.29 is 18.0 Å². The number of likely N-dealkylation sites (N-methyl/N-ethyl adjacent to an activating group) is 1. The second-order valence-corrected chi connectivity index (χ2v) is 12.7. The molecule has 0 bridgehead atoms. The molecule has 0 aliphatic carbocycles. The molecule has 0 fully saturated rings. The SMILES string of the molecule is CNC(=O)[C@H](Cc1ccccc1)N(Cc1ccccc1Cl)C(=O)CN(c1ccc(I)cc1)S(=O)(=O)c1ccccc1. The molecule has 2 amide bonds. The zero-order chi connectivity index (χ0) is 29.4. The number of carbonyl (C=O) groups is 2. The number of hydrogen-bond acceptors (Lipinski definition) is 4. The van der Waals surface area contributed by atoms with Crippen LogP contribution in [0.15, 0.2) is 114 Å². The number of halogens is 2. The fraction of sp³-hybridized carbons (Fsp3) is 0.161. The minimum absolute atomic E-state index is 0.00927. The van der Waals surface area contributed by atoms with Crippen LogP contribution in [0.4, 0.5) is 5.69 Å². The Kier molecular flexibility index (Phi) is 10.4. The van der Waals surface area contributed by atoms with E-state index in [1.54, 1.807) is 66.7 Å². The van der Waals surface area contributed by atoms with Crippen molar-refractivity contribution in [3.8, 4) is 0 Å². The number of anilines is 1. The Labute approximate surface area is 259 Å². The van der Waals surface area contributed by atoms with E-state index in [1.807, 2.05) is 30.3 Å². The van der Waals surface area contributed by atoms with Crippen LogP contribution in [0.2, 0.25) is 5.02 Å². The van der Waals surface area contributed by atoms with Gasteiger partial charge in [-0.25, -0.2) is 8.42 Å². The minimum Gasteiger partial charge on any atom is -0.357 e. The predicted octanol–water partition coefficient (Wildman–Crippen LogP) is 5.53. The van der Waals surface area contributed by atoms with Gasteiger partial charge in [-0.2, -0.15) is 0 Å². The molecule has 4 aromatic rings. The van der Waals surface area contributed by atoms with Crippen molar-refractivity contribution in [2.45, 2.75) is 23.9 Å². The molecule has 41 heavy (non-hydrogen) atoms. The van der Waals surface area contributed by atoms with Crippen molar-refractivity contribution in [2.75, 3.05) is 17.9 Å². The number of benzene rings is 4. The summed E-state index contributed by atoms with van der Waals surface area (Å²) in [5.41, 5.74) is 1.82. The summed E-state index contributed by atoms with van der Waals surface area (Å²) in [7, 11) is -2.62. The van der Waals surface area contributed by atoms with Crippen LogP contribution >= 0.6 is 34.2 Å². The second kappa shape index (κ2) is 14.0. The van der Waals surface area contributed by atoms with Gasteiger partial charge in [0.25, 0.3) is 10.0 Å². The van der Waals surface area contributed by atoms with Crippen LogP contribution in [-0.4, -0.2) is 44.8 Å². The number of rotatable bonds is 11. The molecule has 0 aromatic heterocycles. The molecule has 212 valence electrons. The van der Waals surface area contributed by atoms with Gasteiger partial charge in [0.15, 0.2) is 0 Å². The number of hydrogen-bond donors (Lipinski definition) is 1. The van der Waals surface area contributed by atoms with Crippen LogP contribution in [0, 0.1) is 3.57 Å². The molecule has 4 rings (SSSR count). The molecule has 0 aliphatic heterocycles. The summed E-state index contributed by atoms with van der Waals surface area (Å²) in [4.78, 5) is 29.0. The van der Waals surface area contributed by atoms with E-state index in [1.165, 1.54) is 24.1 Å². The van der Waals surface area contributed by atoms with Crippen molar-refractivity contribution in [1.29, 1.82) is 0 Å². The third-order valence-electron chi connectivity index (χ3n) is 6.54. The monoisotopic (exact) mass is 701 g/mol. The molecule has 1 N–H and O–H groups in total. The lowest BCUT2D eigenvalue weighted by molar-refractivity contribution is -0.139. The molecule has 0 saturated carbocycles. The van der Waals surface area contributed by atoms with E-state index in [0.717, 1.165) is 13.4 Å². The third-order valence-corrected chi connectivity index (χ3v) is 9.42. The molecular formula is C31H29ClIN3O4S. The molecule has 0 spiro atoms. The molecule has 0 aliphatic rings. The lowest BCUT2D eigenvalue weighted by atomic mass is 10.0. The van der Waals surface area contributed by atoms with Gasteiger partial charge in [-0.15, -0.1) is 0 Å². The Hall–Kier alpha value is -3.41.